The van der Waals surface area contributed by atoms with E-state index in [2.05, 4.69) is 22.2 Å². The van der Waals surface area contributed by atoms with Crippen molar-refractivity contribution in [1.29, 1.82) is 0 Å². The van der Waals surface area contributed by atoms with Gasteiger partial charge in [-0.1, -0.05) is 11.8 Å². The molecule has 1 unspecified atom stereocenters. The lowest BCUT2D eigenvalue weighted by Crippen LogP contribution is -2.46. The first-order valence-electron chi connectivity index (χ1n) is 7.62. The van der Waals surface area contributed by atoms with E-state index >= 15 is 0 Å². The fourth-order valence-electron chi connectivity index (χ4n) is 2.15. The van der Waals surface area contributed by atoms with Crippen molar-refractivity contribution in [3.8, 4) is 0 Å². The molecule has 0 spiro atoms. The molecule has 1 amide bonds. The Hall–Kier alpha value is -1.66. The van der Waals surface area contributed by atoms with E-state index in [-0.39, 0.29) is 18.6 Å². The lowest BCUT2D eigenvalue weighted by molar-refractivity contribution is 0.0869. The summed E-state index contributed by atoms with van der Waals surface area (Å²) in [5, 5.41) is 12.8. The van der Waals surface area contributed by atoms with E-state index < -0.39 is 5.54 Å². The van der Waals surface area contributed by atoms with Gasteiger partial charge in [0.1, 0.15) is 0 Å². The first-order valence-corrected chi connectivity index (χ1v) is 8.44. The zero-order valence-electron chi connectivity index (χ0n) is 14.0. The van der Waals surface area contributed by atoms with Crippen molar-refractivity contribution >= 4 is 28.5 Å². The molecular formula is C17H23N3O2S. The number of rotatable bonds is 4. The molecule has 1 atom stereocenters. The van der Waals surface area contributed by atoms with Crippen LogP contribution in [0.3, 0.4) is 0 Å². The molecule has 23 heavy (non-hydrogen) atoms. The van der Waals surface area contributed by atoms with Gasteiger partial charge in [-0.3, -0.25) is 9.79 Å². The van der Waals surface area contributed by atoms with E-state index in [4.69, 9.17) is 0 Å². The molecule has 0 saturated heterocycles. The maximum atomic E-state index is 12.1. The summed E-state index contributed by atoms with van der Waals surface area (Å²) in [7, 11) is 0. The number of nitrogens with one attached hydrogen (secondary N) is 1. The van der Waals surface area contributed by atoms with Crippen LogP contribution in [0.2, 0.25) is 0 Å². The highest BCUT2D eigenvalue weighted by Crippen LogP contribution is 2.24. The maximum Gasteiger partial charge on any atom is 0.251 e. The van der Waals surface area contributed by atoms with Gasteiger partial charge in [0.15, 0.2) is 5.17 Å². The molecule has 2 N–H and O–H groups in total. The Bertz CT molecular complexity index is 636. The van der Waals surface area contributed by atoms with Crippen molar-refractivity contribution in [1.82, 2.24) is 5.32 Å². The van der Waals surface area contributed by atoms with Crippen molar-refractivity contribution < 1.29 is 9.90 Å². The summed E-state index contributed by atoms with van der Waals surface area (Å²) >= 11 is 1.50. The monoisotopic (exact) mass is 333 g/mol. The molecule has 1 aliphatic rings. The molecule has 5 nitrogen and oxygen atoms in total. The summed E-state index contributed by atoms with van der Waals surface area (Å²) in [4.78, 5) is 22.1. The molecule has 1 aliphatic heterocycles. The van der Waals surface area contributed by atoms with Crippen LogP contribution in [0.5, 0.6) is 0 Å². The van der Waals surface area contributed by atoms with Gasteiger partial charge in [0.2, 0.25) is 0 Å². The zero-order valence-corrected chi connectivity index (χ0v) is 14.8. The van der Waals surface area contributed by atoms with Crippen molar-refractivity contribution in [2.75, 3.05) is 6.61 Å². The third-order valence-corrected chi connectivity index (χ3v) is 4.27. The average molecular weight is 333 g/mol. The van der Waals surface area contributed by atoms with Gasteiger partial charge in [-0.2, -0.15) is 0 Å². The fourth-order valence-corrected chi connectivity index (χ4v) is 3.06. The molecule has 1 heterocycles. The zero-order chi connectivity index (χ0) is 17.0. The Labute approximate surface area is 141 Å². The van der Waals surface area contributed by atoms with Crippen LogP contribution in [0.1, 0.15) is 44.5 Å². The van der Waals surface area contributed by atoms with Crippen LogP contribution in [-0.2, 0) is 0 Å². The molecule has 0 aliphatic carbocycles. The van der Waals surface area contributed by atoms with Crippen LogP contribution in [0.15, 0.2) is 39.1 Å². The number of carbonyl (C=O) groups excluding carboxylic acids is 1. The largest absolute Gasteiger partial charge is 0.394 e. The highest BCUT2D eigenvalue weighted by Gasteiger charge is 2.20. The van der Waals surface area contributed by atoms with Gasteiger partial charge in [-0.15, -0.1) is 0 Å². The van der Waals surface area contributed by atoms with Gasteiger partial charge in [0.25, 0.3) is 5.91 Å². The highest BCUT2D eigenvalue weighted by molar-refractivity contribution is 8.14. The van der Waals surface area contributed by atoms with Crippen molar-refractivity contribution in [3.63, 3.8) is 0 Å². The second-order valence-corrected chi connectivity index (χ2v) is 7.48. The van der Waals surface area contributed by atoms with E-state index in [0.29, 0.717) is 5.56 Å². The molecule has 0 saturated carbocycles. The Morgan fingerprint density at radius 1 is 1.39 bits per heavy atom. The van der Waals surface area contributed by atoms with E-state index in [1.807, 2.05) is 19.1 Å². The minimum Gasteiger partial charge on any atom is -0.394 e. The minimum absolute atomic E-state index is 0.109. The molecule has 1 aromatic rings. The summed E-state index contributed by atoms with van der Waals surface area (Å²) in [5.41, 5.74) is 1.02. The van der Waals surface area contributed by atoms with Gasteiger partial charge in [0, 0.05) is 22.6 Å². The SMILES string of the molecule is CC1=NC(Sc2ccc(C(=O)NC(C)(C)CO)cc2)=NC(C)C1. The van der Waals surface area contributed by atoms with E-state index in [1.165, 1.54) is 11.8 Å². The second kappa shape index (κ2) is 7.27. The number of thioether (sulfide) groups is 1. The summed E-state index contributed by atoms with van der Waals surface area (Å²) in [6.07, 6.45) is 0.907. The van der Waals surface area contributed by atoms with Gasteiger partial charge in [-0.25, -0.2) is 4.99 Å². The lowest BCUT2D eigenvalue weighted by atomic mass is 10.1. The van der Waals surface area contributed by atoms with Crippen molar-refractivity contribution in [2.24, 2.45) is 9.98 Å². The maximum absolute atomic E-state index is 12.1. The summed E-state index contributed by atoms with van der Waals surface area (Å²) in [6, 6.07) is 7.58. The van der Waals surface area contributed by atoms with E-state index in [9.17, 15) is 9.90 Å². The third-order valence-electron chi connectivity index (χ3n) is 3.38. The van der Waals surface area contributed by atoms with Gasteiger partial charge in [0.05, 0.1) is 18.2 Å². The molecule has 0 radical (unpaired) electrons. The van der Waals surface area contributed by atoms with Gasteiger partial charge >= 0.3 is 0 Å². The van der Waals surface area contributed by atoms with Crippen LogP contribution >= 0.6 is 11.8 Å². The Morgan fingerprint density at radius 2 is 2.04 bits per heavy atom. The second-order valence-electron chi connectivity index (χ2n) is 6.43. The van der Waals surface area contributed by atoms with Crippen LogP contribution in [-0.4, -0.2) is 40.1 Å². The smallest absolute Gasteiger partial charge is 0.251 e. The lowest BCUT2D eigenvalue weighted by Gasteiger charge is -2.23. The van der Waals surface area contributed by atoms with Crippen LogP contribution < -0.4 is 5.32 Å². The van der Waals surface area contributed by atoms with E-state index in [1.54, 1.807) is 26.0 Å². The standard InChI is InChI=1S/C17H23N3O2S/c1-11-9-12(2)19-16(18-11)23-14-7-5-13(6-8-14)15(22)20-17(3,4)10-21/h5-8,11,21H,9-10H2,1-4H3,(H,20,22). The van der Waals surface area contributed by atoms with E-state index in [0.717, 1.165) is 22.2 Å². The molecule has 124 valence electrons. The number of hydrogen-bond acceptors (Lipinski definition) is 5. The predicted octanol–water partition coefficient (Wildman–Crippen LogP) is 2.89. The third kappa shape index (κ3) is 5.18. The number of benzene rings is 1. The fraction of sp³-hybridized carbons (Fsp3) is 0.471. The van der Waals surface area contributed by atoms with Crippen LogP contribution in [0.25, 0.3) is 0 Å². The molecule has 1 aromatic carbocycles. The number of nitrogens with zero attached hydrogens (tertiary/aromatic N) is 2. The Morgan fingerprint density at radius 3 is 2.61 bits per heavy atom. The molecule has 0 aromatic heterocycles. The summed E-state index contributed by atoms with van der Waals surface area (Å²) in [6.45, 7) is 7.54. The predicted molar refractivity (Wildman–Crippen MR) is 95.6 cm³/mol. The number of hydrogen-bond donors (Lipinski definition) is 2. The molecular weight excluding hydrogens is 310 g/mol. The molecule has 2 rings (SSSR count). The average Bonchev–Trinajstić information content (AvgIpc) is 2.46. The topological polar surface area (TPSA) is 74.0 Å². The summed E-state index contributed by atoms with van der Waals surface area (Å²) < 4.78 is 0. The van der Waals surface area contributed by atoms with Crippen molar-refractivity contribution in [2.45, 2.75) is 50.6 Å². The number of amidine groups is 1. The van der Waals surface area contributed by atoms with Gasteiger partial charge < -0.3 is 10.4 Å². The number of carbonyl (C=O) groups is 1. The van der Waals surface area contributed by atoms with Gasteiger partial charge in [-0.05, 0) is 52.0 Å². The molecule has 0 bridgehead atoms. The molecule has 6 heteroatoms. The highest BCUT2D eigenvalue weighted by atomic mass is 32.2. The Kier molecular flexibility index (Phi) is 5.59. The normalized spacial score (nSPS) is 18.2. The number of aliphatic imine (C=N–C) groups is 2. The van der Waals surface area contributed by atoms with Crippen LogP contribution in [0, 0.1) is 0 Å². The number of aliphatic hydroxyl groups is 1. The van der Waals surface area contributed by atoms with Crippen LogP contribution in [0.4, 0.5) is 0 Å². The minimum atomic E-state index is -0.635. The number of amides is 1. The first kappa shape index (κ1) is 17.7. The first-order chi connectivity index (χ1) is 10.8. The number of aliphatic hydroxyl groups excluding tert-OH is 1. The quantitative estimate of drug-likeness (QED) is 0.890. The summed E-state index contributed by atoms with van der Waals surface area (Å²) in [5.74, 6) is -0.196. The Balaban J connectivity index is 2.04. The molecule has 0 fully saturated rings. The van der Waals surface area contributed by atoms with Crippen molar-refractivity contribution in [3.05, 3.63) is 29.8 Å².